The molecule has 1 aromatic carbocycles. The van der Waals surface area contributed by atoms with Crippen LogP contribution in [0.4, 0.5) is 17.6 Å². The summed E-state index contributed by atoms with van der Waals surface area (Å²) in [6, 6.07) is 2.04. The summed E-state index contributed by atoms with van der Waals surface area (Å²) in [4.78, 5) is 10.8. The largest absolute Gasteiger partial charge is 0.476 e. The first-order chi connectivity index (χ1) is 8.80. The molecule has 0 amide bonds. The van der Waals surface area contributed by atoms with Crippen LogP contribution in [0.5, 0.6) is 0 Å². The van der Waals surface area contributed by atoms with Crippen molar-refractivity contribution in [2.75, 3.05) is 0 Å². The predicted octanol–water partition coefficient (Wildman–Crippen LogP) is 2.12. The predicted molar refractivity (Wildman–Crippen MR) is 53.3 cm³/mol. The van der Waals surface area contributed by atoms with E-state index in [1.807, 2.05) is 0 Å². The van der Waals surface area contributed by atoms with Crippen LogP contribution in [-0.2, 0) is 6.18 Å². The van der Waals surface area contributed by atoms with Gasteiger partial charge >= 0.3 is 12.1 Å². The molecule has 0 saturated carbocycles. The Morgan fingerprint density at radius 1 is 1.32 bits per heavy atom. The van der Waals surface area contributed by atoms with E-state index < -0.39 is 29.2 Å². The van der Waals surface area contributed by atoms with Crippen molar-refractivity contribution in [2.24, 2.45) is 0 Å². The smallest absolute Gasteiger partial charge is 0.419 e. The Balaban J connectivity index is 2.58. The highest BCUT2D eigenvalue weighted by Gasteiger charge is 2.34. The monoisotopic (exact) mass is 275 g/mol. The van der Waals surface area contributed by atoms with Gasteiger partial charge in [-0.15, -0.1) is 5.10 Å². The summed E-state index contributed by atoms with van der Waals surface area (Å²) in [7, 11) is 0. The van der Waals surface area contributed by atoms with Gasteiger partial charge in [-0.2, -0.15) is 13.2 Å². The Bertz CT molecular complexity index is 636. The average Bonchev–Trinajstić information content (AvgIpc) is 2.77. The third-order valence-corrected chi connectivity index (χ3v) is 2.27. The van der Waals surface area contributed by atoms with Gasteiger partial charge in [0.1, 0.15) is 5.82 Å². The van der Waals surface area contributed by atoms with E-state index in [-0.39, 0.29) is 5.69 Å². The van der Waals surface area contributed by atoms with Gasteiger partial charge in [-0.05, 0) is 18.2 Å². The normalized spacial score (nSPS) is 11.6. The maximum atomic E-state index is 13.1. The van der Waals surface area contributed by atoms with Gasteiger partial charge in [-0.25, -0.2) is 13.9 Å². The summed E-state index contributed by atoms with van der Waals surface area (Å²) in [5, 5.41) is 15.5. The summed E-state index contributed by atoms with van der Waals surface area (Å²) >= 11 is 0. The van der Waals surface area contributed by atoms with Crippen LogP contribution in [0, 0.1) is 5.82 Å². The molecular formula is C10H5F4N3O2. The van der Waals surface area contributed by atoms with Crippen LogP contribution in [0.25, 0.3) is 5.69 Å². The Morgan fingerprint density at radius 3 is 2.58 bits per heavy atom. The number of aromatic nitrogens is 3. The molecule has 0 unspecified atom stereocenters. The van der Waals surface area contributed by atoms with Crippen LogP contribution in [-0.4, -0.2) is 26.1 Å². The molecular weight excluding hydrogens is 270 g/mol. The minimum atomic E-state index is -4.88. The average molecular weight is 275 g/mol. The van der Waals surface area contributed by atoms with Crippen molar-refractivity contribution >= 4 is 5.97 Å². The zero-order valence-electron chi connectivity index (χ0n) is 9.02. The SMILES string of the molecule is O=C(O)c1cnnn1-c1ccc(F)c(C(F)(F)F)c1. The number of hydrogen-bond acceptors (Lipinski definition) is 3. The van der Waals surface area contributed by atoms with Gasteiger partial charge in [0.15, 0.2) is 5.69 Å². The summed E-state index contributed by atoms with van der Waals surface area (Å²) < 4.78 is 51.3. The Morgan fingerprint density at radius 2 is 2.00 bits per heavy atom. The van der Waals surface area contributed by atoms with E-state index in [4.69, 9.17) is 5.11 Å². The van der Waals surface area contributed by atoms with E-state index in [0.717, 1.165) is 12.3 Å². The number of rotatable bonds is 2. The van der Waals surface area contributed by atoms with Gasteiger partial charge in [0.25, 0.3) is 0 Å². The molecule has 0 atom stereocenters. The highest BCUT2D eigenvalue weighted by atomic mass is 19.4. The van der Waals surface area contributed by atoms with Crippen LogP contribution in [0.2, 0.25) is 0 Å². The molecule has 0 aliphatic carbocycles. The minimum absolute atomic E-state index is 0.247. The molecule has 1 N–H and O–H groups in total. The zero-order valence-corrected chi connectivity index (χ0v) is 9.02. The van der Waals surface area contributed by atoms with Crippen molar-refractivity contribution in [3.8, 4) is 5.69 Å². The lowest BCUT2D eigenvalue weighted by atomic mass is 10.2. The number of halogens is 4. The van der Waals surface area contributed by atoms with E-state index in [1.54, 1.807) is 0 Å². The van der Waals surface area contributed by atoms with Crippen LogP contribution < -0.4 is 0 Å². The third-order valence-electron chi connectivity index (χ3n) is 2.27. The van der Waals surface area contributed by atoms with Gasteiger partial charge in [-0.3, -0.25) is 0 Å². The molecule has 0 radical (unpaired) electrons. The van der Waals surface area contributed by atoms with Crippen molar-refractivity contribution < 1.29 is 27.5 Å². The van der Waals surface area contributed by atoms with Gasteiger partial charge in [0.05, 0.1) is 17.4 Å². The summed E-state index contributed by atoms with van der Waals surface area (Å²) in [5.74, 6) is -2.86. The third kappa shape index (κ3) is 2.39. The fourth-order valence-corrected chi connectivity index (χ4v) is 1.43. The number of benzene rings is 1. The molecule has 0 saturated heterocycles. The van der Waals surface area contributed by atoms with Crippen molar-refractivity contribution in [3.05, 3.63) is 41.5 Å². The molecule has 0 bridgehead atoms. The molecule has 0 aliphatic heterocycles. The van der Waals surface area contributed by atoms with Crippen molar-refractivity contribution in [1.82, 2.24) is 15.0 Å². The summed E-state index contributed by atoms with van der Waals surface area (Å²) in [6.45, 7) is 0. The van der Waals surface area contributed by atoms with Crippen molar-refractivity contribution in [3.63, 3.8) is 0 Å². The summed E-state index contributed by atoms with van der Waals surface area (Å²) in [6.07, 6.45) is -4.01. The number of nitrogens with zero attached hydrogens (tertiary/aromatic N) is 3. The van der Waals surface area contributed by atoms with E-state index in [0.29, 0.717) is 16.8 Å². The Labute approximate surface area is 103 Å². The number of aromatic carboxylic acids is 1. The highest BCUT2D eigenvalue weighted by molar-refractivity contribution is 5.85. The van der Waals surface area contributed by atoms with E-state index in [1.165, 1.54) is 0 Å². The lowest BCUT2D eigenvalue weighted by molar-refractivity contribution is -0.140. The number of hydrogen-bond donors (Lipinski definition) is 1. The topological polar surface area (TPSA) is 68.0 Å². The quantitative estimate of drug-likeness (QED) is 0.852. The maximum Gasteiger partial charge on any atom is 0.419 e. The molecule has 1 heterocycles. The molecule has 0 fully saturated rings. The lowest BCUT2D eigenvalue weighted by Gasteiger charge is -2.10. The van der Waals surface area contributed by atoms with Crippen LogP contribution >= 0.6 is 0 Å². The second kappa shape index (κ2) is 4.34. The molecule has 5 nitrogen and oxygen atoms in total. The van der Waals surface area contributed by atoms with Crippen LogP contribution in [0.1, 0.15) is 16.1 Å². The van der Waals surface area contributed by atoms with Gasteiger partial charge in [-0.1, -0.05) is 5.21 Å². The fourth-order valence-electron chi connectivity index (χ4n) is 1.43. The number of alkyl halides is 3. The van der Waals surface area contributed by atoms with Crippen molar-refractivity contribution in [2.45, 2.75) is 6.18 Å². The van der Waals surface area contributed by atoms with Crippen LogP contribution in [0.15, 0.2) is 24.4 Å². The van der Waals surface area contributed by atoms with Gasteiger partial charge < -0.3 is 5.11 Å². The Hall–Kier alpha value is -2.45. The van der Waals surface area contributed by atoms with Gasteiger partial charge in [0, 0.05) is 0 Å². The molecule has 2 rings (SSSR count). The molecule has 1 aromatic heterocycles. The summed E-state index contributed by atoms with van der Waals surface area (Å²) in [5.41, 5.74) is -2.18. The molecule has 19 heavy (non-hydrogen) atoms. The first-order valence-electron chi connectivity index (χ1n) is 4.82. The Kier molecular flexibility index (Phi) is 2.97. The highest BCUT2D eigenvalue weighted by Crippen LogP contribution is 2.32. The standard InChI is InChI=1S/C10H5F4N3O2/c11-7-2-1-5(3-6(7)10(12,13)14)17-8(9(18)19)4-15-16-17/h1-4H,(H,18,19). The molecule has 0 aliphatic rings. The number of carbonyl (C=O) groups is 1. The second-order valence-corrected chi connectivity index (χ2v) is 3.50. The molecule has 100 valence electrons. The van der Waals surface area contributed by atoms with E-state index in [9.17, 15) is 22.4 Å². The number of carboxylic acids is 1. The van der Waals surface area contributed by atoms with E-state index >= 15 is 0 Å². The minimum Gasteiger partial charge on any atom is -0.476 e. The lowest BCUT2D eigenvalue weighted by Crippen LogP contribution is -2.12. The van der Waals surface area contributed by atoms with Gasteiger partial charge in [0.2, 0.25) is 0 Å². The molecule has 2 aromatic rings. The maximum absolute atomic E-state index is 13.1. The first-order valence-corrected chi connectivity index (χ1v) is 4.82. The van der Waals surface area contributed by atoms with E-state index in [2.05, 4.69) is 10.3 Å². The number of carboxylic acid groups (broad SMARTS) is 1. The zero-order chi connectivity index (χ0) is 14.2. The molecule has 9 heteroatoms. The first kappa shape index (κ1) is 13.0. The molecule has 0 spiro atoms. The van der Waals surface area contributed by atoms with Crippen LogP contribution in [0.3, 0.4) is 0 Å². The fraction of sp³-hybridized carbons (Fsp3) is 0.100. The van der Waals surface area contributed by atoms with Crippen molar-refractivity contribution in [1.29, 1.82) is 0 Å². The second-order valence-electron chi connectivity index (χ2n) is 3.50.